The molecule has 0 saturated heterocycles. The number of halogens is 4. The van der Waals surface area contributed by atoms with E-state index in [0.717, 1.165) is 12.1 Å². The predicted octanol–water partition coefficient (Wildman–Crippen LogP) is 3.11. The molecule has 0 radical (unpaired) electrons. The van der Waals surface area contributed by atoms with Gasteiger partial charge in [-0.1, -0.05) is 11.6 Å². The molecule has 0 heterocycles. The van der Waals surface area contributed by atoms with E-state index >= 15 is 0 Å². The molecule has 2 nitrogen and oxygen atoms in total. The van der Waals surface area contributed by atoms with Crippen molar-refractivity contribution in [2.24, 2.45) is 0 Å². The first-order valence-electron chi connectivity index (χ1n) is 3.44. The topological polar surface area (TPSA) is 37.3 Å². The van der Waals surface area contributed by atoms with Crippen LogP contribution in [0.15, 0.2) is 12.1 Å². The van der Waals surface area contributed by atoms with Gasteiger partial charge < -0.3 is 5.11 Å². The zero-order chi connectivity index (χ0) is 10.9. The molecule has 0 aromatic heterocycles. The number of hydrogen-bond acceptors (Lipinski definition) is 1. The first kappa shape index (κ1) is 10.8. The van der Waals surface area contributed by atoms with Gasteiger partial charge in [-0.05, 0) is 12.1 Å². The maximum Gasteiger partial charge on any atom is 0.338 e. The lowest BCUT2D eigenvalue weighted by Crippen LogP contribution is -2.04. The average molecular weight is 225 g/mol. The zero-order valence-corrected chi connectivity index (χ0v) is 7.36. The molecular formula is C8H4ClF3O2. The van der Waals surface area contributed by atoms with Gasteiger partial charge >= 0.3 is 5.97 Å². The number of rotatable bonds is 2. The summed E-state index contributed by atoms with van der Waals surface area (Å²) in [5.41, 5.74) is -1.89. The van der Waals surface area contributed by atoms with Gasteiger partial charge in [0.15, 0.2) is 0 Å². The molecule has 1 N–H and O–H groups in total. The smallest absolute Gasteiger partial charge is 0.338 e. The predicted molar refractivity (Wildman–Crippen MR) is 43.3 cm³/mol. The number of carboxylic acid groups (broad SMARTS) is 1. The summed E-state index contributed by atoms with van der Waals surface area (Å²) < 4.78 is 37.5. The lowest BCUT2D eigenvalue weighted by molar-refractivity contribution is 0.0690. The van der Waals surface area contributed by atoms with Gasteiger partial charge in [-0.2, -0.15) is 0 Å². The molecule has 0 amide bonds. The quantitative estimate of drug-likeness (QED) is 0.838. The summed E-state index contributed by atoms with van der Waals surface area (Å²) >= 11 is 5.29. The number of carbonyl (C=O) groups is 1. The van der Waals surface area contributed by atoms with E-state index in [0.29, 0.717) is 0 Å². The van der Waals surface area contributed by atoms with Gasteiger partial charge in [0.1, 0.15) is 5.82 Å². The highest BCUT2D eigenvalue weighted by molar-refractivity contribution is 6.31. The number of benzene rings is 1. The number of hydrogen-bond donors (Lipinski definition) is 1. The van der Waals surface area contributed by atoms with Gasteiger partial charge in [0, 0.05) is 0 Å². The third-order valence-corrected chi connectivity index (χ3v) is 1.90. The minimum absolute atomic E-state index is 0.484. The summed E-state index contributed by atoms with van der Waals surface area (Å²) in [5.74, 6) is -3.10. The van der Waals surface area contributed by atoms with E-state index in [9.17, 15) is 18.0 Å². The highest BCUT2D eigenvalue weighted by Gasteiger charge is 2.23. The average Bonchev–Trinajstić information content (AvgIpc) is 2.02. The van der Waals surface area contributed by atoms with Crippen molar-refractivity contribution in [1.82, 2.24) is 0 Å². The molecular weight excluding hydrogens is 221 g/mol. The molecule has 0 fully saturated rings. The van der Waals surface area contributed by atoms with Gasteiger partial charge in [-0.25, -0.2) is 18.0 Å². The molecule has 0 bridgehead atoms. The minimum atomic E-state index is -3.14. The van der Waals surface area contributed by atoms with Crippen molar-refractivity contribution in [3.05, 3.63) is 34.1 Å². The maximum absolute atomic E-state index is 13.1. The van der Waals surface area contributed by atoms with Crippen molar-refractivity contribution in [2.75, 3.05) is 0 Å². The molecule has 6 heteroatoms. The second-order valence-electron chi connectivity index (χ2n) is 2.43. The molecule has 1 aromatic rings. The minimum Gasteiger partial charge on any atom is -0.478 e. The van der Waals surface area contributed by atoms with Crippen LogP contribution in [-0.2, 0) is 0 Å². The summed E-state index contributed by atoms with van der Waals surface area (Å²) in [6.45, 7) is 0. The highest BCUT2D eigenvalue weighted by atomic mass is 35.5. The van der Waals surface area contributed by atoms with Crippen LogP contribution in [0, 0.1) is 5.82 Å². The zero-order valence-electron chi connectivity index (χ0n) is 6.60. The molecule has 0 spiro atoms. The summed E-state index contributed by atoms with van der Waals surface area (Å²) in [5, 5.41) is 7.95. The van der Waals surface area contributed by atoms with Crippen LogP contribution >= 0.6 is 11.6 Å². The normalized spacial score (nSPS) is 10.6. The van der Waals surface area contributed by atoms with E-state index in [1.54, 1.807) is 0 Å². The second-order valence-corrected chi connectivity index (χ2v) is 2.84. The van der Waals surface area contributed by atoms with Crippen LogP contribution in [0.2, 0.25) is 5.02 Å². The Balaban J connectivity index is 3.41. The van der Waals surface area contributed by atoms with E-state index in [-0.39, 0.29) is 0 Å². The van der Waals surface area contributed by atoms with Crippen LogP contribution in [0.5, 0.6) is 0 Å². The van der Waals surface area contributed by atoms with E-state index in [4.69, 9.17) is 16.7 Å². The Kier molecular flexibility index (Phi) is 3.00. The van der Waals surface area contributed by atoms with Crippen molar-refractivity contribution in [3.8, 4) is 0 Å². The number of alkyl halides is 2. The highest BCUT2D eigenvalue weighted by Crippen LogP contribution is 2.31. The lowest BCUT2D eigenvalue weighted by Gasteiger charge is -2.06. The Labute approximate surface area is 81.9 Å². The van der Waals surface area contributed by atoms with Crippen molar-refractivity contribution < 1.29 is 23.1 Å². The summed E-state index contributed by atoms with van der Waals surface area (Å²) in [6, 6.07) is 1.77. The molecule has 0 aliphatic rings. The molecule has 0 saturated carbocycles. The van der Waals surface area contributed by atoms with E-state index < -0.39 is 34.4 Å². The largest absolute Gasteiger partial charge is 0.478 e. The van der Waals surface area contributed by atoms with Crippen LogP contribution in [0.25, 0.3) is 0 Å². The van der Waals surface area contributed by atoms with Gasteiger partial charge in [0.2, 0.25) is 0 Å². The van der Waals surface area contributed by atoms with Crippen molar-refractivity contribution >= 4 is 17.6 Å². The van der Waals surface area contributed by atoms with Crippen molar-refractivity contribution in [2.45, 2.75) is 6.43 Å². The molecule has 1 aromatic carbocycles. The third kappa shape index (κ3) is 1.82. The molecule has 0 aliphatic heterocycles. The van der Waals surface area contributed by atoms with Gasteiger partial charge in [-0.15, -0.1) is 0 Å². The molecule has 0 aliphatic carbocycles. The molecule has 76 valence electrons. The fourth-order valence-electron chi connectivity index (χ4n) is 0.935. The standard InChI is InChI=1S/C8H4ClF3O2/c9-4-2-1-3(8(13)14)6(10)5(4)7(11)12/h1-2,7H,(H,13,14). The third-order valence-electron chi connectivity index (χ3n) is 1.58. The summed E-state index contributed by atoms with van der Waals surface area (Å²) in [7, 11) is 0. The Hall–Kier alpha value is -1.23. The fourth-order valence-corrected chi connectivity index (χ4v) is 1.16. The summed E-state index contributed by atoms with van der Waals surface area (Å²) in [4.78, 5) is 10.4. The van der Waals surface area contributed by atoms with E-state index in [2.05, 4.69) is 0 Å². The molecule has 1 rings (SSSR count). The maximum atomic E-state index is 13.1. The Morgan fingerprint density at radius 2 is 2.00 bits per heavy atom. The monoisotopic (exact) mass is 224 g/mol. The lowest BCUT2D eigenvalue weighted by atomic mass is 10.1. The first-order chi connectivity index (χ1) is 6.45. The molecule has 0 atom stereocenters. The van der Waals surface area contributed by atoms with Crippen LogP contribution in [0.1, 0.15) is 22.3 Å². The Bertz CT molecular complexity index is 379. The van der Waals surface area contributed by atoms with Crippen LogP contribution in [0.3, 0.4) is 0 Å². The van der Waals surface area contributed by atoms with Crippen LogP contribution in [0.4, 0.5) is 13.2 Å². The number of carboxylic acids is 1. The van der Waals surface area contributed by atoms with Crippen LogP contribution < -0.4 is 0 Å². The molecule has 14 heavy (non-hydrogen) atoms. The fraction of sp³-hybridized carbons (Fsp3) is 0.125. The van der Waals surface area contributed by atoms with Crippen molar-refractivity contribution in [1.29, 1.82) is 0 Å². The Morgan fingerprint density at radius 3 is 2.43 bits per heavy atom. The van der Waals surface area contributed by atoms with Gasteiger partial charge in [0.05, 0.1) is 16.1 Å². The first-order valence-corrected chi connectivity index (χ1v) is 3.82. The van der Waals surface area contributed by atoms with Gasteiger partial charge in [-0.3, -0.25) is 0 Å². The van der Waals surface area contributed by atoms with Crippen molar-refractivity contribution in [3.63, 3.8) is 0 Å². The molecule has 0 unspecified atom stereocenters. The Morgan fingerprint density at radius 1 is 1.43 bits per heavy atom. The van der Waals surface area contributed by atoms with Crippen LogP contribution in [-0.4, -0.2) is 11.1 Å². The van der Waals surface area contributed by atoms with E-state index in [1.807, 2.05) is 0 Å². The number of aromatic carboxylic acids is 1. The van der Waals surface area contributed by atoms with E-state index in [1.165, 1.54) is 0 Å². The second kappa shape index (κ2) is 3.88. The SMILES string of the molecule is O=C(O)c1ccc(Cl)c(C(F)F)c1F. The summed E-state index contributed by atoms with van der Waals surface area (Å²) in [6.07, 6.45) is -3.14. The van der Waals surface area contributed by atoms with Gasteiger partial charge in [0.25, 0.3) is 6.43 Å².